The van der Waals surface area contributed by atoms with Crippen LogP contribution in [0.2, 0.25) is 0 Å². The molecule has 3 nitrogen and oxygen atoms in total. The van der Waals surface area contributed by atoms with E-state index in [2.05, 4.69) is 40.4 Å². The van der Waals surface area contributed by atoms with Crippen molar-refractivity contribution in [1.29, 1.82) is 0 Å². The molecule has 4 rings (SSSR count). The summed E-state index contributed by atoms with van der Waals surface area (Å²) in [5, 5.41) is 6.73. The highest BCUT2D eigenvalue weighted by molar-refractivity contribution is 6.04. The normalized spacial score (nSPS) is 20.0. The summed E-state index contributed by atoms with van der Waals surface area (Å²) in [6, 6.07) is 14.5. The highest BCUT2D eigenvalue weighted by Crippen LogP contribution is 2.36. The van der Waals surface area contributed by atoms with Gasteiger partial charge in [0.1, 0.15) is 5.60 Å². The molecule has 2 aliphatic rings. The Labute approximate surface area is 156 Å². The van der Waals surface area contributed by atoms with Gasteiger partial charge in [-0.2, -0.15) is 13.2 Å². The van der Waals surface area contributed by atoms with Crippen LogP contribution in [0.1, 0.15) is 37.7 Å². The van der Waals surface area contributed by atoms with Crippen LogP contribution in [0.3, 0.4) is 0 Å². The van der Waals surface area contributed by atoms with E-state index in [0.717, 1.165) is 43.6 Å². The average Bonchev–Trinajstić information content (AvgIpc) is 3.06. The fraction of sp³-hybridized carbons (Fsp3) is 0.476. The molecule has 1 saturated heterocycles. The smallest absolute Gasteiger partial charge is 0.388 e. The van der Waals surface area contributed by atoms with E-state index in [1.165, 1.54) is 10.8 Å². The van der Waals surface area contributed by atoms with Gasteiger partial charge >= 0.3 is 6.18 Å². The number of benzene rings is 2. The molecule has 144 valence electrons. The standard InChI is InChI=1S/C21H23F3N2O/c22-21(23,24)8-3-11-26-12-9-20(10-13-26)15-19(25-27-20)18-7-6-16-4-1-2-5-17(16)14-18/h1-2,4-7,14H,3,8-13,15H2. The van der Waals surface area contributed by atoms with Crippen LogP contribution in [0.4, 0.5) is 13.2 Å². The van der Waals surface area contributed by atoms with Crippen molar-refractivity contribution in [2.45, 2.75) is 43.9 Å². The molecule has 0 saturated carbocycles. The third-order valence-electron chi connectivity index (χ3n) is 5.62. The first-order chi connectivity index (χ1) is 12.9. The molecule has 0 atom stereocenters. The van der Waals surface area contributed by atoms with Gasteiger partial charge in [-0.3, -0.25) is 0 Å². The summed E-state index contributed by atoms with van der Waals surface area (Å²) in [5.74, 6) is 0. The molecule has 2 aromatic carbocycles. The lowest BCUT2D eigenvalue weighted by Crippen LogP contribution is -2.44. The van der Waals surface area contributed by atoms with Crippen LogP contribution in [0, 0.1) is 0 Å². The number of fused-ring (bicyclic) bond motifs is 1. The summed E-state index contributed by atoms with van der Waals surface area (Å²) in [6.07, 6.45) is -2.23. The lowest BCUT2D eigenvalue weighted by Gasteiger charge is -2.37. The predicted octanol–water partition coefficient (Wildman–Crippen LogP) is 5.14. The van der Waals surface area contributed by atoms with Gasteiger partial charge < -0.3 is 9.74 Å². The molecule has 2 aromatic rings. The van der Waals surface area contributed by atoms with Gasteiger partial charge in [-0.1, -0.05) is 41.6 Å². The number of hydrogen-bond acceptors (Lipinski definition) is 3. The molecule has 0 amide bonds. The molecule has 0 unspecified atom stereocenters. The zero-order chi connectivity index (χ0) is 18.9. The van der Waals surface area contributed by atoms with E-state index < -0.39 is 12.6 Å². The van der Waals surface area contributed by atoms with Gasteiger partial charge in [-0.15, -0.1) is 0 Å². The summed E-state index contributed by atoms with van der Waals surface area (Å²) in [5.41, 5.74) is 1.76. The highest BCUT2D eigenvalue weighted by atomic mass is 19.4. The molecule has 2 aliphatic heterocycles. The number of piperidine rings is 1. The second kappa shape index (κ2) is 7.15. The molecule has 0 aromatic heterocycles. The number of halogens is 3. The molecule has 0 bridgehead atoms. The van der Waals surface area contributed by atoms with E-state index in [1.54, 1.807) is 0 Å². The third kappa shape index (κ3) is 4.26. The fourth-order valence-corrected chi connectivity index (χ4v) is 4.00. The van der Waals surface area contributed by atoms with Crippen molar-refractivity contribution >= 4 is 16.5 Å². The van der Waals surface area contributed by atoms with Crippen molar-refractivity contribution in [1.82, 2.24) is 4.90 Å². The monoisotopic (exact) mass is 376 g/mol. The predicted molar refractivity (Wildman–Crippen MR) is 99.9 cm³/mol. The van der Waals surface area contributed by atoms with Crippen molar-refractivity contribution in [3.05, 3.63) is 48.0 Å². The van der Waals surface area contributed by atoms with Gasteiger partial charge in [0.05, 0.1) is 5.71 Å². The molecule has 0 aliphatic carbocycles. The molecular formula is C21H23F3N2O. The van der Waals surface area contributed by atoms with Crippen LogP contribution in [0.25, 0.3) is 10.8 Å². The minimum atomic E-state index is -4.06. The largest absolute Gasteiger partial charge is 0.389 e. The van der Waals surface area contributed by atoms with Crippen LogP contribution in [-0.4, -0.2) is 42.0 Å². The maximum absolute atomic E-state index is 12.3. The minimum Gasteiger partial charge on any atom is -0.388 e. The Kier molecular flexibility index (Phi) is 4.84. The van der Waals surface area contributed by atoms with Crippen molar-refractivity contribution in [3.8, 4) is 0 Å². The van der Waals surface area contributed by atoms with Gasteiger partial charge in [-0.25, -0.2) is 0 Å². The van der Waals surface area contributed by atoms with Crippen molar-refractivity contribution in [3.63, 3.8) is 0 Å². The van der Waals surface area contributed by atoms with Crippen molar-refractivity contribution in [2.75, 3.05) is 19.6 Å². The van der Waals surface area contributed by atoms with E-state index in [0.29, 0.717) is 6.54 Å². The number of alkyl halides is 3. The van der Waals surface area contributed by atoms with Crippen LogP contribution < -0.4 is 0 Å². The maximum atomic E-state index is 12.3. The van der Waals surface area contributed by atoms with E-state index in [4.69, 9.17) is 4.84 Å². The second-order valence-electron chi connectivity index (χ2n) is 7.61. The Bertz CT molecular complexity index is 839. The zero-order valence-corrected chi connectivity index (χ0v) is 15.1. The van der Waals surface area contributed by atoms with Crippen LogP contribution in [-0.2, 0) is 4.84 Å². The van der Waals surface area contributed by atoms with Gasteiger partial charge in [0.25, 0.3) is 0 Å². The summed E-state index contributed by atoms with van der Waals surface area (Å²) < 4.78 is 36.9. The highest BCUT2D eigenvalue weighted by Gasteiger charge is 2.42. The number of oxime groups is 1. The SMILES string of the molecule is FC(F)(F)CCCN1CCC2(CC1)CC(c1ccc3ccccc3c1)=NO2. The Morgan fingerprint density at radius 3 is 2.52 bits per heavy atom. The summed E-state index contributed by atoms with van der Waals surface area (Å²) >= 11 is 0. The van der Waals surface area contributed by atoms with Gasteiger partial charge in [-0.05, 0) is 29.8 Å². The fourth-order valence-electron chi connectivity index (χ4n) is 4.00. The number of rotatable bonds is 4. The molecular weight excluding hydrogens is 353 g/mol. The number of nitrogens with zero attached hydrogens (tertiary/aromatic N) is 2. The first-order valence-corrected chi connectivity index (χ1v) is 9.46. The molecule has 0 N–H and O–H groups in total. The van der Waals surface area contributed by atoms with Gasteiger partial charge in [0, 0.05) is 44.3 Å². The van der Waals surface area contributed by atoms with Crippen molar-refractivity contribution in [2.24, 2.45) is 5.16 Å². The summed E-state index contributed by atoms with van der Waals surface area (Å²) in [6.45, 7) is 2.02. The molecule has 27 heavy (non-hydrogen) atoms. The summed E-state index contributed by atoms with van der Waals surface area (Å²) in [4.78, 5) is 7.95. The molecule has 0 radical (unpaired) electrons. The topological polar surface area (TPSA) is 24.8 Å². The van der Waals surface area contributed by atoms with E-state index >= 15 is 0 Å². The Hall–Kier alpha value is -2.08. The lowest BCUT2D eigenvalue weighted by atomic mass is 9.85. The Morgan fingerprint density at radius 1 is 1.04 bits per heavy atom. The van der Waals surface area contributed by atoms with Crippen molar-refractivity contribution < 1.29 is 18.0 Å². The number of likely N-dealkylation sites (tertiary alicyclic amines) is 1. The van der Waals surface area contributed by atoms with Crippen LogP contribution in [0.5, 0.6) is 0 Å². The zero-order valence-electron chi connectivity index (χ0n) is 15.1. The van der Waals surface area contributed by atoms with Gasteiger partial charge in [0.15, 0.2) is 0 Å². The van der Waals surface area contributed by atoms with Gasteiger partial charge in [0.2, 0.25) is 0 Å². The first kappa shape index (κ1) is 18.3. The number of hydrogen-bond donors (Lipinski definition) is 0. The molecule has 2 heterocycles. The first-order valence-electron chi connectivity index (χ1n) is 9.46. The van der Waals surface area contributed by atoms with Crippen LogP contribution in [0.15, 0.2) is 47.6 Å². The minimum absolute atomic E-state index is 0.163. The molecule has 6 heteroatoms. The average molecular weight is 376 g/mol. The van der Waals surface area contributed by atoms with E-state index in [9.17, 15) is 13.2 Å². The molecule has 1 spiro atoms. The summed E-state index contributed by atoms with van der Waals surface area (Å²) in [7, 11) is 0. The Balaban J connectivity index is 1.33. The lowest BCUT2D eigenvalue weighted by molar-refractivity contribution is -0.136. The quantitative estimate of drug-likeness (QED) is 0.738. The Morgan fingerprint density at radius 2 is 1.78 bits per heavy atom. The second-order valence-corrected chi connectivity index (χ2v) is 7.61. The van der Waals surface area contributed by atoms with E-state index in [-0.39, 0.29) is 12.0 Å². The maximum Gasteiger partial charge on any atom is 0.389 e. The van der Waals surface area contributed by atoms with E-state index in [1.807, 2.05) is 12.1 Å². The third-order valence-corrected chi connectivity index (χ3v) is 5.62. The van der Waals surface area contributed by atoms with Crippen LogP contribution >= 0.6 is 0 Å². The molecule has 1 fully saturated rings.